The van der Waals surface area contributed by atoms with E-state index >= 15 is 0 Å². The van der Waals surface area contributed by atoms with E-state index in [2.05, 4.69) is 10.4 Å². The van der Waals surface area contributed by atoms with Crippen molar-refractivity contribution in [2.75, 3.05) is 5.32 Å². The number of aromatic nitrogens is 2. The van der Waals surface area contributed by atoms with Gasteiger partial charge in [0.25, 0.3) is 11.6 Å². The third-order valence-corrected chi connectivity index (χ3v) is 4.27. The molecule has 0 saturated heterocycles. The zero-order valence-electron chi connectivity index (χ0n) is 13.2. The van der Waals surface area contributed by atoms with Gasteiger partial charge in [-0.2, -0.15) is 5.10 Å². The number of nitro groups is 1. The molecule has 0 unspecified atom stereocenters. The highest BCUT2D eigenvalue weighted by molar-refractivity contribution is 6.42. The van der Waals surface area contributed by atoms with Crippen LogP contribution in [0.3, 0.4) is 0 Å². The monoisotopic (exact) mass is 390 g/mol. The van der Waals surface area contributed by atoms with Crippen LogP contribution in [-0.4, -0.2) is 20.6 Å². The molecule has 1 heterocycles. The summed E-state index contributed by atoms with van der Waals surface area (Å²) in [4.78, 5) is 22.5. The summed E-state index contributed by atoms with van der Waals surface area (Å²) in [6.45, 7) is 0.448. The normalized spacial score (nSPS) is 10.5. The minimum Gasteiger partial charge on any atom is -0.305 e. The molecule has 3 aromatic rings. The molecule has 0 atom stereocenters. The van der Waals surface area contributed by atoms with Crippen molar-refractivity contribution >= 4 is 40.6 Å². The topological polar surface area (TPSA) is 90.1 Å². The summed E-state index contributed by atoms with van der Waals surface area (Å²) in [5.41, 5.74) is 0.931. The van der Waals surface area contributed by atoms with Crippen LogP contribution in [-0.2, 0) is 6.54 Å². The number of nitrogens with one attached hydrogen (secondary N) is 1. The Labute approximate surface area is 158 Å². The number of nitrogens with zero attached hydrogens (tertiary/aromatic N) is 3. The first kappa shape index (κ1) is 17.9. The minimum atomic E-state index is -0.553. The highest BCUT2D eigenvalue weighted by Gasteiger charge is 2.13. The second kappa shape index (κ2) is 7.55. The zero-order chi connectivity index (χ0) is 18.7. The summed E-state index contributed by atoms with van der Waals surface area (Å²) in [5.74, 6) is -0.143. The van der Waals surface area contributed by atoms with Gasteiger partial charge in [-0.15, -0.1) is 0 Å². The quantitative estimate of drug-likeness (QED) is 0.516. The van der Waals surface area contributed by atoms with Gasteiger partial charge in [0, 0.05) is 30.0 Å². The highest BCUT2D eigenvalue weighted by atomic mass is 35.5. The average molecular weight is 391 g/mol. The summed E-state index contributed by atoms with van der Waals surface area (Å²) in [7, 11) is 0. The number of carbonyl (C=O) groups excluding carboxylic acids is 1. The first-order valence-electron chi connectivity index (χ1n) is 7.45. The molecule has 26 heavy (non-hydrogen) atoms. The average Bonchev–Trinajstić information content (AvgIpc) is 3.05. The maximum atomic E-state index is 12.2. The second-order valence-electron chi connectivity index (χ2n) is 5.41. The summed E-state index contributed by atoms with van der Waals surface area (Å²) in [5, 5.41) is 18.6. The van der Waals surface area contributed by atoms with Crippen molar-refractivity contribution in [2.24, 2.45) is 0 Å². The fourth-order valence-corrected chi connectivity index (χ4v) is 2.61. The first-order chi connectivity index (χ1) is 12.4. The maximum absolute atomic E-state index is 12.2. The molecule has 3 rings (SSSR count). The summed E-state index contributed by atoms with van der Waals surface area (Å²) >= 11 is 11.9. The largest absolute Gasteiger partial charge is 0.305 e. The Balaban J connectivity index is 1.70. The predicted octanol–water partition coefficient (Wildman–Crippen LogP) is 4.40. The van der Waals surface area contributed by atoms with Gasteiger partial charge in [-0.25, -0.2) is 0 Å². The Bertz CT molecular complexity index is 988. The minimum absolute atomic E-state index is 0.150. The van der Waals surface area contributed by atoms with Crippen LogP contribution >= 0.6 is 23.2 Å². The Morgan fingerprint density at radius 3 is 2.69 bits per heavy atom. The molecule has 0 aliphatic heterocycles. The molecular weight excluding hydrogens is 379 g/mol. The molecular formula is C17H12Cl2N4O3. The maximum Gasteiger partial charge on any atom is 0.270 e. The Morgan fingerprint density at radius 1 is 1.15 bits per heavy atom. The lowest BCUT2D eigenvalue weighted by atomic mass is 10.2. The number of hydrogen-bond acceptors (Lipinski definition) is 4. The van der Waals surface area contributed by atoms with Crippen LogP contribution in [0.1, 0.15) is 15.9 Å². The molecule has 0 fully saturated rings. The Kier molecular flexibility index (Phi) is 5.20. The lowest BCUT2D eigenvalue weighted by Crippen LogP contribution is -2.13. The summed E-state index contributed by atoms with van der Waals surface area (Å²) < 4.78 is 1.63. The van der Waals surface area contributed by atoms with E-state index in [4.69, 9.17) is 23.2 Å². The smallest absolute Gasteiger partial charge is 0.270 e. The lowest BCUT2D eigenvalue weighted by molar-refractivity contribution is -0.384. The SMILES string of the molecule is O=C(Nc1ccn(Cc2ccc(Cl)c(Cl)c2)n1)c1cccc([N+](=O)[O-])c1. The third kappa shape index (κ3) is 4.19. The van der Waals surface area contributed by atoms with Crippen LogP contribution in [0.2, 0.25) is 10.0 Å². The van der Waals surface area contributed by atoms with E-state index in [1.807, 2.05) is 6.07 Å². The van der Waals surface area contributed by atoms with Gasteiger partial charge in [-0.3, -0.25) is 19.6 Å². The van der Waals surface area contributed by atoms with Crippen LogP contribution in [0.4, 0.5) is 11.5 Å². The van der Waals surface area contributed by atoms with Gasteiger partial charge in [-0.05, 0) is 23.8 Å². The van der Waals surface area contributed by atoms with Gasteiger partial charge < -0.3 is 5.32 Å². The molecule has 0 aliphatic rings. The van der Waals surface area contributed by atoms with Crippen LogP contribution in [0.15, 0.2) is 54.7 Å². The van der Waals surface area contributed by atoms with Crippen molar-refractivity contribution < 1.29 is 9.72 Å². The van der Waals surface area contributed by atoms with E-state index in [1.165, 1.54) is 24.3 Å². The molecule has 0 radical (unpaired) electrons. The van der Waals surface area contributed by atoms with Gasteiger partial charge in [0.2, 0.25) is 0 Å². The number of anilines is 1. The first-order valence-corrected chi connectivity index (χ1v) is 8.21. The molecule has 1 amide bonds. The van der Waals surface area contributed by atoms with E-state index in [0.29, 0.717) is 22.4 Å². The van der Waals surface area contributed by atoms with Crippen molar-refractivity contribution in [3.8, 4) is 0 Å². The Hall–Kier alpha value is -2.90. The highest BCUT2D eigenvalue weighted by Crippen LogP contribution is 2.23. The fraction of sp³-hybridized carbons (Fsp3) is 0.0588. The molecule has 0 saturated carbocycles. The van der Waals surface area contributed by atoms with Gasteiger partial charge in [0.15, 0.2) is 5.82 Å². The van der Waals surface area contributed by atoms with Crippen LogP contribution in [0.5, 0.6) is 0 Å². The number of nitro benzene ring substituents is 1. The van der Waals surface area contributed by atoms with Crippen LogP contribution in [0.25, 0.3) is 0 Å². The molecule has 2 aromatic carbocycles. The van der Waals surface area contributed by atoms with E-state index in [1.54, 1.807) is 29.1 Å². The van der Waals surface area contributed by atoms with Crippen molar-refractivity contribution in [3.05, 3.63) is 86.0 Å². The predicted molar refractivity (Wildman–Crippen MR) is 98.8 cm³/mol. The molecule has 7 nitrogen and oxygen atoms in total. The Morgan fingerprint density at radius 2 is 1.96 bits per heavy atom. The van der Waals surface area contributed by atoms with Gasteiger partial charge >= 0.3 is 0 Å². The van der Waals surface area contributed by atoms with E-state index < -0.39 is 10.8 Å². The van der Waals surface area contributed by atoms with E-state index in [-0.39, 0.29) is 11.3 Å². The molecule has 1 N–H and O–H groups in total. The zero-order valence-corrected chi connectivity index (χ0v) is 14.7. The van der Waals surface area contributed by atoms with Crippen LogP contribution in [0, 0.1) is 10.1 Å². The van der Waals surface area contributed by atoms with Crippen LogP contribution < -0.4 is 5.32 Å². The van der Waals surface area contributed by atoms with Gasteiger partial charge in [0.1, 0.15) is 0 Å². The van der Waals surface area contributed by atoms with E-state index in [9.17, 15) is 14.9 Å². The number of non-ortho nitro benzene ring substituents is 1. The number of carbonyl (C=O) groups is 1. The molecule has 1 aromatic heterocycles. The molecule has 9 heteroatoms. The third-order valence-electron chi connectivity index (χ3n) is 3.53. The number of rotatable bonds is 5. The number of benzene rings is 2. The molecule has 0 aliphatic carbocycles. The van der Waals surface area contributed by atoms with E-state index in [0.717, 1.165) is 5.56 Å². The van der Waals surface area contributed by atoms with Gasteiger partial charge in [-0.1, -0.05) is 35.3 Å². The van der Waals surface area contributed by atoms with Gasteiger partial charge in [0.05, 0.1) is 21.5 Å². The van der Waals surface area contributed by atoms with Crippen molar-refractivity contribution in [1.29, 1.82) is 0 Å². The number of hydrogen-bond donors (Lipinski definition) is 1. The van der Waals surface area contributed by atoms with Crippen molar-refractivity contribution in [2.45, 2.75) is 6.54 Å². The summed E-state index contributed by atoms with van der Waals surface area (Å²) in [6, 6.07) is 12.4. The second-order valence-corrected chi connectivity index (χ2v) is 6.22. The number of halogens is 2. The lowest BCUT2D eigenvalue weighted by Gasteiger charge is -2.04. The molecule has 0 spiro atoms. The standard InChI is InChI=1S/C17H12Cl2N4O3/c18-14-5-4-11(8-15(14)19)10-22-7-6-16(21-22)20-17(24)12-2-1-3-13(9-12)23(25)26/h1-9H,10H2,(H,20,21,24). The fourth-order valence-electron chi connectivity index (χ4n) is 2.29. The molecule has 0 bridgehead atoms. The van der Waals surface area contributed by atoms with Crippen molar-refractivity contribution in [1.82, 2.24) is 9.78 Å². The molecule has 132 valence electrons. The summed E-state index contributed by atoms with van der Waals surface area (Å²) in [6.07, 6.45) is 1.70. The number of amides is 1. The van der Waals surface area contributed by atoms with Crippen molar-refractivity contribution in [3.63, 3.8) is 0 Å².